The number of amides is 1. The summed E-state index contributed by atoms with van der Waals surface area (Å²) >= 11 is 9.05. The van der Waals surface area contributed by atoms with Crippen molar-refractivity contribution in [3.05, 3.63) is 45.9 Å². The minimum atomic E-state index is -0.137. The molecule has 1 aromatic rings. The van der Waals surface area contributed by atoms with E-state index in [1.165, 1.54) is 0 Å². The van der Waals surface area contributed by atoms with Crippen LogP contribution < -0.4 is 5.32 Å². The van der Waals surface area contributed by atoms with Gasteiger partial charge in [-0.1, -0.05) is 17.7 Å². The highest BCUT2D eigenvalue weighted by atomic mass is 79.9. The van der Waals surface area contributed by atoms with Crippen molar-refractivity contribution in [3.63, 3.8) is 0 Å². The molecule has 0 spiro atoms. The fraction of sp³-hybridized carbons (Fsp3) is 0.100. The summed E-state index contributed by atoms with van der Waals surface area (Å²) in [5.41, 5.74) is 0.572. The van der Waals surface area contributed by atoms with Gasteiger partial charge < -0.3 is 5.32 Å². The Hall–Kier alpha value is -0.800. The Morgan fingerprint density at radius 2 is 2.36 bits per heavy atom. The molecule has 0 unspecified atom stereocenters. The number of nitrogens with one attached hydrogen (secondary N) is 1. The lowest BCUT2D eigenvalue weighted by atomic mass is 10.2. The number of carbonyl (C=O) groups is 1. The number of rotatable bonds is 3. The first kappa shape index (κ1) is 11.3. The normalized spacial score (nSPS) is 9.57. The highest BCUT2D eigenvalue weighted by Crippen LogP contribution is 2.22. The molecule has 1 N–H and O–H groups in total. The summed E-state index contributed by atoms with van der Waals surface area (Å²) in [6.07, 6.45) is 1.63. The Morgan fingerprint density at radius 1 is 1.64 bits per heavy atom. The number of hydrogen-bond donors (Lipinski definition) is 1. The van der Waals surface area contributed by atoms with Crippen LogP contribution in [-0.2, 0) is 0 Å². The van der Waals surface area contributed by atoms with E-state index >= 15 is 0 Å². The van der Waals surface area contributed by atoms with Gasteiger partial charge in [0.05, 0.1) is 5.02 Å². The molecular formula is C10H9BrClNO. The molecule has 0 aromatic heterocycles. The van der Waals surface area contributed by atoms with E-state index in [4.69, 9.17) is 11.6 Å². The first-order chi connectivity index (χ1) is 6.65. The Labute approximate surface area is 96.1 Å². The van der Waals surface area contributed by atoms with Crippen molar-refractivity contribution in [2.75, 3.05) is 6.54 Å². The van der Waals surface area contributed by atoms with Gasteiger partial charge in [-0.15, -0.1) is 6.58 Å². The molecule has 0 aliphatic heterocycles. The molecule has 74 valence electrons. The number of hydrogen-bond acceptors (Lipinski definition) is 1. The summed E-state index contributed by atoms with van der Waals surface area (Å²) in [5.74, 6) is -0.137. The Kier molecular flexibility index (Phi) is 4.17. The highest BCUT2D eigenvalue weighted by molar-refractivity contribution is 9.10. The standard InChI is InChI=1S/C10H9BrClNO/c1-2-5-13-10(14)7-3-4-9(12)8(11)6-7/h2-4,6H,1,5H2,(H,13,14). The second-order valence-electron chi connectivity index (χ2n) is 2.63. The van der Waals surface area contributed by atoms with Crippen molar-refractivity contribution in [2.24, 2.45) is 0 Å². The van der Waals surface area contributed by atoms with E-state index in [0.717, 1.165) is 0 Å². The van der Waals surface area contributed by atoms with Crippen molar-refractivity contribution in [3.8, 4) is 0 Å². The molecule has 1 aromatic carbocycles. The molecule has 14 heavy (non-hydrogen) atoms. The maximum absolute atomic E-state index is 11.4. The molecule has 4 heteroatoms. The zero-order chi connectivity index (χ0) is 10.6. The quantitative estimate of drug-likeness (QED) is 0.844. The largest absolute Gasteiger partial charge is 0.349 e. The van der Waals surface area contributed by atoms with Crippen molar-refractivity contribution in [2.45, 2.75) is 0 Å². The average Bonchev–Trinajstić information content (AvgIpc) is 2.18. The van der Waals surface area contributed by atoms with Crippen LogP contribution in [0.5, 0.6) is 0 Å². The van der Waals surface area contributed by atoms with Crippen LogP contribution in [0.3, 0.4) is 0 Å². The molecule has 0 aliphatic carbocycles. The number of carbonyl (C=O) groups excluding carboxylic acids is 1. The monoisotopic (exact) mass is 273 g/mol. The fourth-order valence-corrected chi connectivity index (χ4v) is 1.40. The molecule has 0 aliphatic rings. The predicted octanol–water partition coefficient (Wildman–Crippen LogP) is 3.02. The Bertz CT molecular complexity index is 365. The number of halogens is 2. The third-order valence-electron chi connectivity index (χ3n) is 1.59. The van der Waals surface area contributed by atoms with Gasteiger partial charge in [-0.25, -0.2) is 0 Å². The van der Waals surface area contributed by atoms with E-state index in [2.05, 4.69) is 27.8 Å². The minimum absolute atomic E-state index is 0.137. The van der Waals surface area contributed by atoms with Crippen LogP contribution in [0.25, 0.3) is 0 Å². The van der Waals surface area contributed by atoms with Gasteiger partial charge >= 0.3 is 0 Å². The third kappa shape index (κ3) is 2.86. The molecule has 0 radical (unpaired) electrons. The van der Waals surface area contributed by atoms with Crippen LogP contribution in [0.15, 0.2) is 35.3 Å². The van der Waals surface area contributed by atoms with Gasteiger partial charge in [-0.05, 0) is 34.1 Å². The SMILES string of the molecule is C=CCNC(=O)c1ccc(Cl)c(Br)c1. The molecule has 0 fully saturated rings. The molecule has 0 saturated heterocycles. The Balaban J connectivity index is 2.80. The van der Waals surface area contributed by atoms with Crippen molar-refractivity contribution in [1.82, 2.24) is 5.32 Å². The molecule has 0 bridgehead atoms. The lowest BCUT2D eigenvalue weighted by Gasteiger charge is -2.03. The molecule has 0 atom stereocenters. The van der Waals surface area contributed by atoms with Crippen LogP contribution >= 0.6 is 27.5 Å². The summed E-state index contributed by atoms with van der Waals surface area (Å²) in [7, 11) is 0. The third-order valence-corrected chi connectivity index (χ3v) is 2.80. The number of benzene rings is 1. The first-order valence-electron chi connectivity index (χ1n) is 3.99. The molecule has 2 nitrogen and oxygen atoms in total. The van der Waals surface area contributed by atoms with E-state index in [0.29, 0.717) is 21.6 Å². The second kappa shape index (κ2) is 5.17. The van der Waals surface area contributed by atoms with Crippen LogP contribution in [0, 0.1) is 0 Å². The van der Waals surface area contributed by atoms with Crippen molar-refractivity contribution >= 4 is 33.4 Å². The zero-order valence-corrected chi connectivity index (χ0v) is 9.73. The minimum Gasteiger partial charge on any atom is -0.349 e. The topological polar surface area (TPSA) is 29.1 Å². The van der Waals surface area contributed by atoms with E-state index in [-0.39, 0.29) is 5.91 Å². The van der Waals surface area contributed by atoms with Crippen molar-refractivity contribution in [1.29, 1.82) is 0 Å². The van der Waals surface area contributed by atoms with Gasteiger partial charge in [0.2, 0.25) is 0 Å². The van der Waals surface area contributed by atoms with E-state index in [9.17, 15) is 4.79 Å². The summed E-state index contributed by atoms with van der Waals surface area (Å²) in [6.45, 7) is 3.97. The summed E-state index contributed by atoms with van der Waals surface area (Å²) in [5, 5.41) is 3.26. The first-order valence-corrected chi connectivity index (χ1v) is 5.16. The average molecular weight is 275 g/mol. The summed E-state index contributed by atoms with van der Waals surface area (Å²) < 4.78 is 0.713. The van der Waals surface area contributed by atoms with Gasteiger partial charge in [0.25, 0.3) is 5.91 Å². The zero-order valence-electron chi connectivity index (χ0n) is 7.39. The van der Waals surface area contributed by atoms with E-state index in [1.807, 2.05) is 0 Å². The lowest BCUT2D eigenvalue weighted by Crippen LogP contribution is -2.23. The molecule has 1 rings (SSSR count). The van der Waals surface area contributed by atoms with Crippen molar-refractivity contribution < 1.29 is 4.79 Å². The maximum atomic E-state index is 11.4. The predicted molar refractivity (Wildman–Crippen MR) is 61.7 cm³/mol. The van der Waals surface area contributed by atoms with Gasteiger partial charge in [0, 0.05) is 16.6 Å². The summed E-state index contributed by atoms with van der Waals surface area (Å²) in [6, 6.07) is 5.03. The lowest BCUT2D eigenvalue weighted by molar-refractivity contribution is 0.0958. The van der Waals surface area contributed by atoms with Crippen LogP contribution in [0.1, 0.15) is 10.4 Å². The molecular weight excluding hydrogens is 265 g/mol. The fourth-order valence-electron chi connectivity index (χ4n) is 0.904. The van der Waals surface area contributed by atoms with Gasteiger partial charge in [0.15, 0.2) is 0 Å². The van der Waals surface area contributed by atoms with Crippen LogP contribution in [0.2, 0.25) is 5.02 Å². The smallest absolute Gasteiger partial charge is 0.251 e. The van der Waals surface area contributed by atoms with Gasteiger partial charge in [-0.3, -0.25) is 4.79 Å². The summed E-state index contributed by atoms with van der Waals surface area (Å²) in [4.78, 5) is 11.4. The maximum Gasteiger partial charge on any atom is 0.251 e. The van der Waals surface area contributed by atoms with Crippen LogP contribution in [0.4, 0.5) is 0 Å². The van der Waals surface area contributed by atoms with E-state index < -0.39 is 0 Å². The van der Waals surface area contributed by atoms with E-state index in [1.54, 1.807) is 24.3 Å². The highest BCUT2D eigenvalue weighted by Gasteiger charge is 2.05. The second-order valence-corrected chi connectivity index (χ2v) is 3.89. The molecule has 0 saturated carbocycles. The van der Waals surface area contributed by atoms with Crippen LogP contribution in [-0.4, -0.2) is 12.5 Å². The molecule has 0 heterocycles. The molecule has 1 amide bonds. The Morgan fingerprint density at radius 3 is 2.93 bits per heavy atom. The van der Waals surface area contributed by atoms with Gasteiger partial charge in [-0.2, -0.15) is 0 Å². The van der Waals surface area contributed by atoms with Gasteiger partial charge in [0.1, 0.15) is 0 Å².